The van der Waals surface area contributed by atoms with Gasteiger partial charge in [0.25, 0.3) is 0 Å². The molecule has 2 aromatic rings. The molecule has 0 radical (unpaired) electrons. The largest absolute Gasteiger partial charge is 0.465 e. The minimum atomic E-state index is -3.89. The second-order valence-electron chi connectivity index (χ2n) is 7.67. The Labute approximate surface area is 205 Å². The van der Waals surface area contributed by atoms with Gasteiger partial charge in [-0.3, -0.25) is 5.32 Å². The molecule has 0 bridgehead atoms. The van der Waals surface area contributed by atoms with Crippen molar-refractivity contribution in [2.45, 2.75) is 36.1 Å². The number of benzene rings is 1. The standard InChI is InChI=1S/C22H27N5O6S2/c1-3-5-18-16-26(35(32,33)20-10-11-21(23-15-20)25-22(28)29)13-14-27(18)17-6-8-19(9-7-17)34(30,31)24-12-4-2/h6-11,15,18,24H,4,12-14,16H2,1-2H3,(H,23,25)(H,28,29). The van der Waals surface area contributed by atoms with Crippen LogP contribution in [-0.2, 0) is 20.0 Å². The zero-order chi connectivity index (χ0) is 25.6. The average molecular weight is 522 g/mol. The van der Waals surface area contributed by atoms with Crippen molar-refractivity contribution in [1.82, 2.24) is 14.0 Å². The lowest BCUT2D eigenvalue weighted by atomic mass is 10.1. The summed E-state index contributed by atoms with van der Waals surface area (Å²) in [4.78, 5) is 16.6. The fraction of sp³-hybridized carbons (Fsp3) is 0.364. The molecule has 1 amide bonds. The van der Waals surface area contributed by atoms with Crippen LogP contribution in [0.25, 0.3) is 0 Å². The first-order valence-corrected chi connectivity index (χ1v) is 13.8. The molecule has 1 aromatic carbocycles. The quantitative estimate of drug-likeness (QED) is 0.445. The molecule has 35 heavy (non-hydrogen) atoms. The summed E-state index contributed by atoms with van der Waals surface area (Å²) in [6.45, 7) is 4.50. The first-order valence-electron chi connectivity index (χ1n) is 10.8. The fourth-order valence-corrected chi connectivity index (χ4v) is 6.09. The van der Waals surface area contributed by atoms with Crippen molar-refractivity contribution in [2.24, 2.45) is 0 Å². The van der Waals surface area contributed by atoms with E-state index >= 15 is 0 Å². The third kappa shape index (κ3) is 6.29. The lowest BCUT2D eigenvalue weighted by Gasteiger charge is -2.39. The number of anilines is 2. The number of rotatable bonds is 8. The van der Waals surface area contributed by atoms with E-state index in [-0.39, 0.29) is 28.7 Å². The van der Waals surface area contributed by atoms with Gasteiger partial charge in [-0.2, -0.15) is 4.31 Å². The number of pyridine rings is 1. The van der Waals surface area contributed by atoms with Gasteiger partial charge in [-0.15, -0.1) is 5.92 Å². The summed E-state index contributed by atoms with van der Waals surface area (Å²) in [5.74, 6) is 5.90. The van der Waals surface area contributed by atoms with Crippen LogP contribution in [0.1, 0.15) is 20.3 Å². The zero-order valence-electron chi connectivity index (χ0n) is 19.3. The third-order valence-electron chi connectivity index (χ3n) is 5.28. The van der Waals surface area contributed by atoms with Gasteiger partial charge in [0.2, 0.25) is 20.0 Å². The number of nitrogens with zero attached hydrogens (tertiary/aromatic N) is 3. The van der Waals surface area contributed by atoms with E-state index in [1.807, 2.05) is 11.8 Å². The highest BCUT2D eigenvalue weighted by atomic mass is 32.2. The van der Waals surface area contributed by atoms with E-state index in [0.717, 1.165) is 11.9 Å². The predicted molar refractivity (Wildman–Crippen MR) is 131 cm³/mol. The minimum absolute atomic E-state index is 0.0198. The first kappa shape index (κ1) is 26.4. The average Bonchev–Trinajstić information content (AvgIpc) is 2.83. The monoisotopic (exact) mass is 521 g/mol. The Hall–Kier alpha value is -3.18. The predicted octanol–water partition coefficient (Wildman–Crippen LogP) is 1.76. The van der Waals surface area contributed by atoms with E-state index in [0.29, 0.717) is 19.5 Å². The molecule has 11 nitrogen and oxygen atoms in total. The van der Waals surface area contributed by atoms with Gasteiger partial charge in [-0.1, -0.05) is 12.8 Å². The van der Waals surface area contributed by atoms with Crippen molar-refractivity contribution in [2.75, 3.05) is 36.4 Å². The molecule has 13 heteroatoms. The summed E-state index contributed by atoms with van der Waals surface area (Å²) in [5.41, 5.74) is 0.731. The summed E-state index contributed by atoms with van der Waals surface area (Å²) in [7, 11) is -7.47. The molecule has 0 spiro atoms. The summed E-state index contributed by atoms with van der Waals surface area (Å²) in [5, 5.41) is 10.8. The highest BCUT2D eigenvalue weighted by Crippen LogP contribution is 2.26. The molecule has 188 valence electrons. The van der Waals surface area contributed by atoms with Gasteiger partial charge in [-0.25, -0.2) is 31.3 Å². The van der Waals surface area contributed by atoms with Crippen molar-refractivity contribution in [3.05, 3.63) is 42.6 Å². The van der Waals surface area contributed by atoms with E-state index < -0.39 is 32.2 Å². The van der Waals surface area contributed by atoms with E-state index in [4.69, 9.17) is 5.11 Å². The van der Waals surface area contributed by atoms with Gasteiger partial charge < -0.3 is 10.0 Å². The van der Waals surface area contributed by atoms with Crippen molar-refractivity contribution in [3.8, 4) is 11.8 Å². The second-order valence-corrected chi connectivity index (χ2v) is 11.4. The number of aromatic nitrogens is 1. The van der Waals surface area contributed by atoms with Crippen LogP contribution in [0.4, 0.5) is 16.3 Å². The normalized spacial score (nSPS) is 16.9. The molecular weight excluding hydrogens is 494 g/mol. The molecule has 1 aliphatic heterocycles. The zero-order valence-corrected chi connectivity index (χ0v) is 20.9. The smallest absolute Gasteiger partial charge is 0.410 e. The lowest BCUT2D eigenvalue weighted by molar-refractivity contribution is 0.209. The van der Waals surface area contributed by atoms with E-state index in [1.165, 1.54) is 28.6 Å². The Bertz CT molecular complexity index is 1320. The highest BCUT2D eigenvalue weighted by Gasteiger charge is 2.34. The maximum Gasteiger partial charge on any atom is 0.410 e. The molecule has 0 saturated carbocycles. The first-order chi connectivity index (χ1) is 16.6. The molecule has 1 unspecified atom stereocenters. The number of amides is 1. The Morgan fingerprint density at radius 1 is 1.11 bits per heavy atom. The van der Waals surface area contributed by atoms with Crippen molar-refractivity contribution in [3.63, 3.8) is 0 Å². The maximum atomic E-state index is 13.2. The van der Waals surface area contributed by atoms with Crippen LogP contribution >= 0.6 is 0 Å². The van der Waals surface area contributed by atoms with E-state index in [1.54, 1.807) is 19.1 Å². The number of piperazine rings is 1. The molecule has 3 rings (SSSR count). The summed E-state index contributed by atoms with van der Waals surface area (Å²) >= 11 is 0. The Balaban J connectivity index is 1.78. The van der Waals surface area contributed by atoms with Crippen molar-refractivity contribution >= 4 is 37.6 Å². The van der Waals surface area contributed by atoms with Crippen LogP contribution in [0.2, 0.25) is 0 Å². The maximum absolute atomic E-state index is 13.2. The SMILES string of the molecule is CC#CC1CN(S(=O)(=O)c2ccc(NC(=O)O)nc2)CCN1c1ccc(S(=O)(=O)NCCC)cc1. The number of hydrogen-bond donors (Lipinski definition) is 3. The van der Waals surface area contributed by atoms with Crippen LogP contribution in [0.3, 0.4) is 0 Å². The Kier molecular flexibility index (Phi) is 8.34. The highest BCUT2D eigenvalue weighted by molar-refractivity contribution is 7.89. The van der Waals surface area contributed by atoms with Gasteiger partial charge >= 0.3 is 6.09 Å². The van der Waals surface area contributed by atoms with Crippen molar-refractivity contribution < 1.29 is 26.7 Å². The summed E-state index contributed by atoms with van der Waals surface area (Å²) in [6.07, 6.45) is 0.494. The number of sulfonamides is 2. The molecule has 1 aliphatic rings. The van der Waals surface area contributed by atoms with Gasteiger partial charge in [0, 0.05) is 38.1 Å². The minimum Gasteiger partial charge on any atom is -0.465 e. The Morgan fingerprint density at radius 3 is 2.37 bits per heavy atom. The molecule has 2 heterocycles. The summed E-state index contributed by atoms with van der Waals surface area (Å²) in [6, 6.07) is 8.54. The van der Waals surface area contributed by atoms with Gasteiger partial charge in [0.1, 0.15) is 16.8 Å². The van der Waals surface area contributed by atoms with E-state index in [2.05, 4.69) is 26.9 Å². The molecule has 1 saturated heterocycles. The van der Waals surface area contributed by atoms with Gasteiger partial charge in [0.15, 0.2) is 0 Å². The van der Waals surface area contributed by atoms with Crippen LogP contribution in [0.5, 0.6) is 0 Å². The van der Waals surface area contributed by atoms with Crippen LogP contribution in [-0.4, -0.2) is 69.5 Å². The molecule has 0 aliphatic carbocycles. The van der Waals surface area contributed by atoms with E-state index in [9.17, 15) is 21.6 Å². The lowest BCUT2D eigenvalue weighted by Crippen LogP contribution is -2.54. The van der Waals surface area contributed by atoms with Crippen LogP contribution in [0, 0.1) is 11.8 Å². The third-order valence-corrected chi connectivity index (χ3v) is 8.61. The van der Waals surface area contributed by atoms with Crippen LogP contribution in [0.15, 0.2) is 52.4 Å². The molecule has 3 N–H and O–H groups in total. The number of nitrogens with one attached hydrogen (secondary N) is 2. The molecule has 1 atom stereocenters. The molecular formula is C22H27N5O6S2. The van der Waals surface area contributed by atoms with Gasteiger partial charge in [-0.05, 0) is 49.7 Å². The topological polar surface area (TPSA) is 149 Å². The van der Waals surface area contributed by atoms with Crippen LogP contribution < -0.4 is 14.9 Å². The van der Waals surface area contributed by atoms with Crippen molar-refractivity contribution in [1.29, 1.82) is 0 Å². The van der Waals surface area contributed by atoms with Gasteiger partial charge in [0.05, 0.1) is 4.90 Å². The number of hydrogen-bond acceptors (Lipinski definition) is 7. The number of carboxylic acid groups (broad SMARTS) is 1. The second kappa shape index (κ2) is 11.0. The molecule has 1 aromatic heterocycles. The Morgan fingerprint density at radius 2 is 1.80 bits per heavy atom. The number of carbonyl (C=O) groups is 1. The summed E-state index contributed by atoms with van der Waals surface area (Å²) < 4.78 is 54.9. The fourth-order valence-electron chi connectivity index (χ4n) is 3.58. The molecule has 1 fully saturated rings.